The lowest BCUT2D eigenvalue weighted by molar-refractivity contribution is 0.415. The number of fused-ring (bicyclic) bond motifs is 3. The third kappa shape index (κ3) is 3.13. The Hall–Kier alpha value is -2.37. The molecular formula is C24H19Br2N3. The average molecular weight is 509 g/mol. The van der Waals surface area contributed by atoms with Gasteiger partial charge in [0.2, 0.25) is 0 Å². The maximum atomic E-state index is 5.18. The van der Waals surface area contributed by atoms with Gasteiger partial charge in [0.1, 0.15) is 11.5 Å². The summed E-state index contributed by atoms with van der Waals surface area (Å²) in [6, 6.07) is 25.2. The Morgan fingerprint density at radius 1 is 0.793 bits per heavy atom. The molecule has 0 atom stereocenters. The van der Waals surface area contributed by atoms with Crippen molar-refractivity contribution in [1.82, 2.24) is 9.55 Å². The largest absolute Gasteiger partial charge is 0.362 e. The van der Waals surface area contributed by atoms with Crippen LogP contribution in [-0.2, 0) is 5.66 Å². The van der Waals surface area contributed by atoms with E-state index in [1.165, 1.54) is 0 Å². The van der Waals surface area contributed by atoms with Crippen molar-refractivity contribution in [2.75, 3.05) is 5.32 Å². The van der Waals surface area contributed by atoms with Gasteiger partial charge in [-0.05, 0) is 50.2 Å². The summed E-state index contributed by atoms with van der Waals surface area (Å²) >= 11 is 7.10. The molecule has 0 aliphatic carbocycles. The number of nitrogens with one attached hydrogen (secondary N) is 1. The number of imidazole rings is 1. The summed E-state index contributed by atoms with van der Waals surface area (Å²) in [5.74, 6) is 0.986. The monoisotopic (exact) mass is 507 g/mol. The van der Waals surface area contributed by atoms with Crippen LogP contribution < -0.4 is 5.32 Å². The van der Waals surface area contributed by atoms with E-state index in [0.29, 0.717) is 0 Å². The number of nitrogens with zero attached hydrogens (tertiary/aromatic N) is 2. The molecule has 0 spiro atoms. The Morgan fingerprint density at radius 2 is 1.38 bits per heavy atom. The van der Waals surface area contributed by atoms with Crippen LogP contribution in [0.15, 0.2) is 81.7 Å². The molecule has 29 heavy (non-hydrogen) atoms. The molecule has 144 valence electrons. The van der Waals surface area contributed by atoms with Gasteiger partial charge >= 0.3 is 0 Å². The first-order chi connectivity index (χ1) is 13.9. The fraction of sp³-hybridized carbons (Fsp3) is 0.125. The zero-order chi connectivity index (χ0) is 20.2. The van der Waals surface area contributed by atoms with E-state index in [0.717, 1.165) is 48.5 Å². The van der Waals surface area contributed by atoms with Crippen molar-refractivity contribution < 1.29 is 0 Å². The summed E-state index contributed by atoms with van der Waals surface area (Å²) in [5.41, 5.74) is 6.24. The average Bonchev–Trinajstić information content (AvgIpc) is 3.11. The minimum Gasteiger partial charge on any atom is -0.362 e. The lowest BCUT2D eigenvalue weighted by atomic mass is 10.0. The topological polar surface area (TPSA) is 29.9 Å². The molecule has 1 aliphatic heterocycles. The zero-order valence-corrected chi connectivity index (χ0v) is 19.3. The zero-order valence-electron chi connectivity index (χ0n) is 16.1. The van der Waals surface area contributed by atoms with Crippen molar-refractivity contribution in [1.29, 1.82) is 0 Å². The van der Waals surface area contributed by atoms with Gasteiger partial charge in [0.05, 0.1) is 11.4 Å². The fourth-order valence-electron chi connectivity index (χ4n) is 4.00. The van der Waals surface area contributed by atoms with E-state index in [9.17, 15) is 0 Å². The molecule has 4 aromatic rings. The fourth-order valence-corrected chi connectivity index (χ4v) is 4.53. The molecule has 0 radical (unpaired) electrons. The molecule has 0 fully saturated rings. The van der Waals surface area contributed by atoms with Crippen molar-refractivity contribution in [2.24, 2.45) is 0 Å². The van der Waals surface area contributed by atoms with Crippen molar-refractivity contribution in [3.05, 3.63) is 81.7 Å². The van der Waals surface area contributed by atoms with Gasteiger partial charge in [-0.15, -0.1) is 0 Å². The molecule has 0 saturated heterocycles. The Kier molecular flexibility index (Phi) is 4.41. The number of aromatic nitrogens is 2. The Morgan fingerprint density at radius 3 is 2.03 bits per heavy atom. The summed E-state index contributed by atoms with van der Waals surface area (Å²) < 4.78 is 4.45. The summed E-state index contributed by atoms with van der Waals surface area (Å²) in [6.07, 6.45) is 0. The van der Waals surface area contributed by atoms with Gasteiger partial charge in [-0.3, -0.25) is 0 Å². The van der Waals surface area contributed by atoms with Crippen LogP contribution in [0.5, 0.6) is 0 Å². The molecule has 3 aromatic carbocycles. The molecule has 0 saturated carbocycles. The quantitative estimate of drug-likeness (QED) is 0.303. The first-order valence-electron chi connectivity index (χ1n) is 9.47. The highest BCUT2D eigenvalue weighted by atomic mass is 79.9. The van der Waals surface area contributed by atoms with E-state index in [1.54, 1.807) is 0 Å². The van der Waals surface area contributed by atoms with Crippen LogP contribution in [0.25, 0.3) is 33.9 Å². The molecule has 2 heterocycles. The van der Waals surface area contributed by atoms with E-state index in [4.69, 9.17) is 4.98 Å². The normalized spacial score (nSPS) is 14.1. The first kappa shape index (κ1) is 18.6. The number of anilines is 1. The predicted octanol–water partition coefficient (Wildman–Crippen LogP) is 7.53. The van der Waals surface area contributed by atoms with Crippen LogP contribution in [0.3, 0.4) is 0 Å². The van der Waals surface area contributed by atoms with Crippen molar-refractivity contribution in [2.45, 2.75) is 19.5 Å². The maximum absolute atomic E-state index is 5.18. The lowest BCUT2D eigenvalue weighted by Crippen LogP contribution is -2.39. The minimum absolute atomic E-state index is 0.327. The number of benzene rings is 3. The minimum atomic E-state index is -0.327. The second kappa shape index (κ2) is 6.85. The smallest absolute Gasteiger partial charge is 0.145 e. The van der Waals surface area contributed by atoms with Crippen LogP contribution in [0.4, 0.5) is 5.69 Å². The van der Waals surface area contributed by atoms with Crippen LogP contribution in [0.2, 0.25) is 0 Å². The van der Waals surface area contributed by atoms with Crippen LogP contribution in [-0.4, -0.2) is 9.55 Å². The van der Waals surface area contributed by atoms with Crippen LogP contribution in [0.1, 0.15) is 13.8 Å². The van der Waals surface area contributed by atoms with Crippen molar-refractivity contribution in [3.8, 4) is 33.9 Å². The number of para-hydroxylation sites is 1. The lowest BCUT2D eigenvalue weighted by Gasteiger charge is -2.37. The third-order valence-corrected chi connectivity index (χ3v) is 6.34. The van der Waals surface area contributed by atoms with Crippen LogP contribution >= 0.6 is 31.9 Å². The molecule has 1 N–H and O–H groups in total. The molecule has 5 heteroatoms. The molecule has 1 aliphatic rings. The van der Waals surface area contributed by atoms with Gasteiger partial charge in [-0.2, -0.15) is 0 Å². The van der Waals surface area contributed by atoms with E-state index in [2.05, 4.69) is 128 Å². The second-order valence-corrected chi connectivity index (χ2v) is 9.54. The van der Waals surface area contributed by atoms with Crippen LogP contribution in [0, 0.1) is 0 Å². The van der Waals surface area contributed by atoms with Gasteiger partial charge in [0, 0.05) is 31.3 Å². The number of hydrogen-bond acceptors (Lipinski definition) is 2. The van der Waals surface area contributed by atoms with Gasteiger partial charge < -0.3 is 9.88 Å². The standard InChI is InChI=1S/C24H19Br2N3/c1-24(2)28-20-6-4-3-5-19(20)23-27-21(15-7-11-17(25)12-8-15)22(29(23)24)16-9-13-18(26)14-10-16/h3-14,28H,1-2H3. The Balaban J connectivity index is 1.86. The Bertz CT molecular complexity index is 1210. The molecule has 3 nitrogen and oxygen atoms in total. The van der Waals surface area contributed by atoms with E-state index >= 15 is 0 Å². The van der Waals surface area contributed by atoms with Gasteiger partial charge in [-0.1, -0.05) is 68.3 Å². The summed E-state index contributed by atoms with van der Waals surface area (Å²) in [5, 5.41) is 3.69. The highest BCUT2D eigenvalue weighted by molar-refractivity contribution is 9.10. The molecule has 1 aromatic heterocycles. The van der Waals surface area contributed by atoms with E-state index < -0.39 is 0 Å². The summed E-state index contributed by atoms with van der Waals surface area (Å²) in [4.78, 5) is 5.18. The SMILES string of the molecule is CC1(C)Nc2ccccc2-c2nc(-c3ccc(Br)cc3)c(-c3ccc(Br)cc3)n21. The second-order valence-electron chi connectivity index (χ2n) is 7.71. The summed E-state index contributed by atoms with van der Waals surface area (Å²) in [6.45, 7) is 4.39. The van der Waals surface area contributed by atoms with E-state index in [-0.39, 0.29) is 5.66 Å². The molecule has 5 rings (SSSR count). The Labute approximate surface area is 187 Å². The number of hydrogen-bond donors (Lipinski definition) is 1. The third-order valence-electron chi connectivity index (χ3n) is 5.28. The molecule has 0 unspecified atom stereocenters. The van der Waals surface area contributed by atoms with Gasteiger partial charge in [-0.25, -0.2) is 4.98 Å². The van der Waals surface area contributed by atoms with Crippen molar-refractivity contribution >= 4 is 37.5 Å². The van der Waals surface area contributed by atoms with Gasteiger partial charge in [0.15, 0.2) is 0 Å². The number of halogens is 2. The highest BCUT2D eigenvalue weighted by Crippen LogP contribution is 2.45. The molecule has 0 amide bonds. The van der Waals surface area contributed by atoms with Gasteiger partial charge in [0.25, 0.3) is 0 Å². The predicted molar refractivity (Wildman–Crippen MR) is 127 cm³/mol. The molecule has 0 bridgehead atoms. The summed E-state index contributed by atoms with van der Waals surface area (Å²) in [7, 11) is 0. The highest BCUT2D eigenvalue weighted by Gasteiger charge is 2.35. The van der Waals surface area contributed by atoms with Crippen molar-refractivity contribution in [3.63, 3.8) is 0 Å². The molecular weight excluding hydrogens is 490 g/mol. The van der Waals surface area contributed by atoms with E-state index in [1.807, 2.05) is 0 Å². The maximum Gasteiger partial charge on any atom is 0.145 e. The number of rotatable bonds is 2. The first-order valence-corrected chi connectivity index (χ1v) is 11.1.